The number of hydrogen-bond donors (Lipinski definition) is 1. The summed E-state index contributed by atoms with van der Waals surface area (Å²) in [6, 6.07) is 10.0. The topological polar surface area (TPSA) is 82.9 Å². The number of benzene rings is 1. The van der Waals surface area contributed by atoms with Crippen LogP contribution in [0.2, 0.25) is 0 Å². The molecule has 1 aliphatic heterocycles. The zero-order valence-electron chi connectivity index (χ0n) is 17.4. The highest BCUT2D eigenvalue weighted by Crippen LogP contribution is 2.14. The Morgan fingerprint density at radius 2 is 1.83 bits per heavy atom. The van der Waals surface area contributed by atoms with E-state index in [0.717, 1.165) is 32.7 Å². The maximum atomic E-state index is 12.4. The first-order valence-corrected chi connectivity index (χ1v) is 10.3. The quantitative estimate of drug-likeness (QED) is 0.626. The SMILES string of the molecule is CCOC(=O)c1c[nH]n2c(=O)cc(CN3CCN(Cc4ccccc4C)CC3)nc12. The van der Waals surface area contributed by atoms with Gasteiger partial charge in [0.2, 0.25) is 0 Å². The second kappa shape index (κ2) is 8.81. The van der Waals surface area contributed by atoms with Crippen molar-refractivity contribution < 1.29 is 9.53 Å². The first-order valence-electron chi connectivity index (χ1n) is 10.3. The fourth-order valence-electron chi connectivity index (χ4n) is 3.83. The maximum absolute atomic E-state index is 12.4. The van der Waals surface area contributed by atoms with E-state index in [1.807, 2.05) is 0 Å². The van der Waals surface area contributed by atoms with Gasteiger partial charge in [-0.2, -0.15) is 0 Å². The first-order chi connectivity index (χ1) is 14.5. The molecular formula is C22H27N5O3. The minimum atomic E-state index is -0.481. The van der Waals surface area contributed by atoms with E-state index in [0.29, 0.717) is 17.9 Å². The second-order valence-electron chi connectivity index (χ2n) is 7.63. The highest BCUT2D eigenvalue weighted by molar-refractivity contribution is 5.95. The Bertz CT molecular complexity index is 1100. The number of esters is 1. The molecule has 8 nitrogen and oxygen atoms in total. The van der Waals surface area contributed by atoms with Gasteiger partial charge >= 0.3 is 5.97 Å². The van der Waals surface area contributed by atoms with Crippen molar-refractivity contribution in [3.63, 3.8) is 0 Å². The lowest BCUT2D eigenvalue weighted by Crippen LogP contribution is -2.45. The molecule has 0 spiro atoms. The molecule has 158 valence electrons. The molecule has 0 bridgehead atoms. The van der Waals surface area contributed by atoms with E-state index in [1.54, 1.807) is 6.92 Å². The van der Waals surface area contributed by atoms with Gasteiger partial charge in [0.1, 0.15) is 5.56 Å². The predicted octanol–water partition coefficient (Wildman–Crippen LogP) is 1.83. The molecule has 0 atom stereocenters. The summed E-state index contributed by atoms with van der Waals surface area (Å²) in [5, 5.41) is 2.78. The number of carbonyl (C=O) groups excluding carboxylic acids is 1. The van der Waals surface area contributed by atoms with Crippen molar-refractivity contribution in [2.75, 3.05) is 32.8 Å². The van der Waals surface area contributed by atoms with Crippen molar-refractivity contribution in [3.8, 4) is 0 Å². The van der Waals surface area contributed by atoms with Crippen LogP contribution in [0.15, 0.2) is 41.3 Å². The van der Waals surface area contributed by atoms with E-state index in [4.69, 9.17) is 4.74 Å². The van der Waals surface area contributed by atoms with E-state index in [2.05, 4.69) is 51.1 Å². The third-order valence-electron chi connectivity index (χ3n) is 5.55. The standard InChI is InChI=1S/C22H27N5O3/c1-3-30-22(29)19-13-23-27-20(28)12-18(24-21(19)27)15-26-10-8-25(9-11-26)14-17-7-5-4-6-16(17)2/h4-7,12-13,23H,3,8-11,14-15H2,1-2H3. The van der Waals surface area contributed by atoms with E-state index in [9.17, 15) is 9.59 Å². The van der Waals surface area contributed by atoms with E-state index in [-0.39, 0.29) is 17.7 Å². The van der Waals surface area contributed by atoms with Crippen molar-refractivity contribution in [3.05, 3.63) is 69.3 Å². The second-order valence-corrected chi connectivity index (χ2v) is 7.63. The van der Waals surface area contributed by atoms with Crippen LogP contribution >= 0.6 is 0 Å². The average Bonchev–Trinajstić information content (AvgIpc) is 3.16. The molecular weight excluding hydrogens is 382 g/mol. The molecule has 30 heavy (non-hydrogen) atoms. The Hall–Kier alpha value is -2.97. The normalized spacial score (nSPS) is 15.5. The minimum absolute atomic E-state index is 0.233. The van der Waals surface area contributed by atoms with Gasteiger partial charge in [-0.1, -0.05) is 24.3 Å². The Kier molecular flexibility index (Phi) is 5.96. The van der Waals surface area contributed by atoms with Crippen LogP contribution in [0, 0.1) is 6.92 Å². The summed E-state index contributed by atoms with van der Waals surface area (Å²) in [6.07, 6.45) is 1.47. The van der Waals surface area contributed by atoms with Gasteiger partial charge in [-0.25, -0.2) is 14.3 Å². The number of aryl methyl sites for hydroxylation is 1. The van der Waals surface area contributed by atoms with Crippen LogP contribution in [-0.2, 0) is 17.8 Å². The van der Waals surface area contributed by atoms with Crippen LogP contribution < -0.4 is 5.56 Å². The third-order valence-corrected chi connectivity index (χ3v) is 5.55. The molecule has 0 aliphatic carbocycles. The highest BCUT2D eigenvalue weighted by Gasteiger charge is 2.20. The molecule has 0 unspecified atom stereocenters. The molecule has 1 N–H and O–H groups in total. The molecule has 1 saturated heterocycles. The van der Waals surface area contributed by atoms with E-state index < -0.39 is 5.97 Å². The van der Waals surface area contributed by atoms with E-state index in [1.165, 1.54) is 27.9 Å². The monoisotopic (exact) mass is 409 g/mol. The number of ether oxygens (including phenoxy) is 1. The summed E-state index contributed by atoms with van der Waals surface area (Å²) in [4.78, 5) is 33.9. The Morgan fingerprint density at radius 1 is 1.13 bits per heavy atom. The summed E-state index contributed by atoms with van der Waals surface area (Å²) in [7, 11) is 0. The summed E-state index contributed by atoms with van der Waals surface area (Å²) >= 11 is 0. The Balaban J connectivity index is 1.42. The zero-order valence-corrected chi connectivity index (χ0v) is 17.4. The summed E-state index contributed by atoms with van der Waals surface area (Å²) in [6.45, 7) is 9.45. The number of piperazine rings is 1. The smallest absolute Gasteiger partial charge is 0.343 e. The van der Waals surface area contributed by atoms with Crippen molar-refractivity contribution in [2.24, 2.45) is 0 Å². The molecule has 1 aliphatic rings. The van der Waals surface area contributed by atoms with Crippen LogP contribution in [0.1, 0.15) is 34.1 Å². The van der Waals surface area contributed by atoms with Gasteiger partial charge in [0.25, 0.3) is 5.56 Å². The van der Waals surface area contributed by atoms with Crippen LogP contribution in [0.3, 0.4) is 0 Å². The number of H-pyrrole nitrogens is 1. The van der Waals surface area contributed by atoms with Crippen LogP contribution in [0.25, 0.3) is 5.65 Å². The van der Waals surface area contributed by atoms with Gasteiger partial charge in [-0.3, -0.25) is 19.7 Å². The number of rotatable bonds is 6. The fourth-order valence-corrected chi connectivity index (χ4v) is 3.83. The summed E-state index contributed by atoms with van der Waals surface area (Å²) in [5.41, 5.74) is 3.71. The molecule has 4 rings (SSSR count). The number of aromatic nitrogens is 3. The number of carbonyl (C=O) groups is 1. The maximum Gasteiger partial charge on any atom is 0.343 e. The van der Waals surface area contributed by atoms with E-state index >= 15 is 0 Å². The summed E-state index contributed by atoms with van der Waals surface area (Å²) in [5.74, 6) is -0.481. The molecule has 8 heteroatoms. The largest absolute Gasteiger partial charge is 0.462 e. The number of hydrogen-bond acceptors (Lipinski definition) is 6. The van der Waals surface area contributed by atoms with Gasteiger partial charge in [0, 0.05) is 51.5 Å². The molecule has 0 saturated carbocycles. The Morgan fingerprint density at radius 3 is 2.53 bits per heavy atom. The van der Waals surface area contributed by atoms with Crippen LogP contribution in [-0.4, -0.2) is 63.2 Å². The van der Waals surface area contributed by atoms with Crippen molar-refractivity contribution in [2.45, 2.75) is 26.9 Å². The summed E-state index contributed by atoms with van der Waals surface area (Å²) < 4.78 is 6.34. The molecule has 0 radical (unpaired) electrons. The third kappa shape index (κ3) is 4.29. The minimum Gasteiger partial charge on any atom is -0.462 e. The van der Waals surface area contributed by atoms with Gasteiger partial charge in [0.15, 0.2) is 5.65 Å². The van der Waals surface area contributed by atoms with Crippen LogP contribution in [0.5, 0.6) is 0 Å². The van der Waals surface area contributed by atoms with Gasteiger partial charge in [0.05, 0.1) is 12.3 Å². The fraction of sp³-hybridized carbons (Fsp3) is 0.409. The average molecular weight is 409 g/mol. The first kappa shape index (κ1) is 20.3. The molecule has 3 aromatic rings. The van der Waals surface area contributed by atoms with Crippen molar-refractivity contribution in [1.82, 2.24) is 24.4 Å². The van der Waals surface area contributed by atoms with Crippen molar-refractivity contribution in [1.29, 1.82) is 0 Å². The molecule has 3 heterocycles. The lowest BCUT2D eigenvalue weighted by Gasteiger charge is -2.34. The zero-order chi connectivity index (χ0) is 21.1. The van der Waals surface area contributed by atoms with Crippen LogP contribution in [0.4, 0.5) is 0 Å². The Labute approximate surface area is 175 Å². The molecule has 0 amide bonds. The van der Waals surface area contributed by atoms with Gasteiger partial charge < -0.3 is 4.74 Å². The highest BCUT2D eigenvalue weighted by atomic mass is 16.5. The lowest BCUT2D eigenvalue weighted by molar-refractivity contribution is 0.0528. The molecule has 1 aromatic carbocycles. The molecule has 1 fully saturated rings. The molecule has 2 aromatic heterocycles. The van der Waals surface area contributed by atoms with Crippen molar-refractivity contribution >= 4 is 11.6 Å². The number of nitrogens with zero attached hydrogens (tertiary/aromatic N) is 4. The number of aromatic amines is 1. The van der Waals surface area contributed by atoms with Gasteiger partial charge in [-0.15, -0.1) is 0 Å². The van der Waals surface area contributed by atoms with Gasteiger partial charge in [-0.05, 0) is 25.0 Å². The number of nitrogens with one attached hydrogen (secondary N) is 1. The number of fused-ring (bicyclic) bond motifs is 1. The predicted molar refractivity (Wildman–Crippen MR) is 114 cm³/mol. The lowest BCUT2D eigenvalue weighted by atomic mass is 10.1.